The Hall–Kier alpha value is -0.570. The summed E-state index contributed by atoms with van der Waals surface area (Å²) in [5, 5.41) is 9.77. The fourth-order valence-corrected chi connectivity index (χ4v) is 6.10. The second-order valence-corrected chi connectivity index (χ2v) is 14.7. The summed E-state index contributed by atoms with van der Waals surface area (Å²) in [5.41, 5.74) is -1.01. The van der Waals surface area contributed by atoms with E-state index in [1.807, 2.05) is 0 Å². The van der Waals surface area contributed by atoms with Crippen molar-refractivity contribution in [2.45, 2.75) is 226 Å². The van der Waals surface area contributed by atoms with Gasteiger partial charge in [-0.25, -0.2) is 4.79 Å². The molecule has 0 saturated heterocycles. The predicted octanol–water partition coefficient (Wildman–Crippen LogP) is 13.5. The third kappa shape index (κ3) is 29.5. The van der Waals surface area contributed by atoms with Crippen LogP contribution in [0.15, 0.2) is 0 Å². The van der Waals surface area contributed by atoms with Gasteiger partial charge in [0.15, 0.2) is 5.60 Å². The lowest BCUT2D eigenvalue weighted by Crippen LogP contribution is -2.38. The lowest BCUT2D eigenvalue weighted by molar-refractivity contribution is -0.165. The van der Waals surface area contributed by atoms with Gasteiger partial charge in [0, 0.05) is 6.61 Å². The number of hydrogen-bond acceptors (Lipinski definition) is 2. The van der Waals surface area contributed by atoms with Crippen molar-refractivity contribution in [3.05, 3.63) is 0 Å². The van der Waals surface area contributed by atoms with E-state index in [4.69, 9.17) is 4.74 Å². The summed E-state index contributed by atoms with van der Waals surface area (Å²) in [6.45, 7) is 11.7. The Balaban J connectivity index is 3.52. The highest BCUT2D eigenvalue weighted by atomic mass is 16.5. The van der Waals surface area contributed by atoms with Crippen LogP contribution in [0.5, 0.6) is 0 Å². The molecule has 42 heavy (non-hydrogen) atoms. The van der Waals surface area contributed by atoms with Gasteiger partial charge in [-0.05, 0) is 38.0 Å². The van der Waals surface area contributed by atoms with Crippen LogP contribution >= 0.6 is 0 Å². The van der Waals surface area contributed by atoms with Gasteiger partial charge in [0.05, 0.1) is 0 Å². The molecule has 0 bridgehead atoms. The molecule has 0 fully saturated rings. The van der Waals surface area contributed by atoms with Crippen LogP contribution in [0.3, 0.4) is 0 Å². The van der Waals surface area contributed by atoms with Crippen LogP contribution in [0.2, 0.25) is 0 Å². The van der Waals surface area contributed by atoms with Crippen molar-refractivity contribution in [1.29, 1.82) is 0 Å². The van der Waals surface area contributed by atoms with Gasteiger partial charge in [-0.15, -0.1) is 0 Å². The SMILES string of the molecule is CC(C)CCCCCCCCCCCCCCCOC(C)(CCCCCCCCCCCCCCCC(C)C)C(=O)O. The Bertz CT molecular complexity index is 558. The summed E-state index contributed by atoms with van der Waals surface area (Å²) in [4.78, 5) is 11.9. The van der Waals surface area contributed by atoms with E-state index < -0.39 is 11.6 Å². The smallest absolute Gasteiger partial charge is 0.335 e. The van der Waals surface area contributed by atoms with Crippen LogP contribution < -0.4 is 0 Å². The molecule has 0 aliphatic rings. The molecule has 1 atom stereocenters. The van der Waals surface area contributed by atoms with Crippen LogP contribution in [-0.4, -0.2) is 23.3 Å². The summed E-state index contributed by atoms with van der Waals surface area (Å²) in [6, 6.07) is 0. The fraction of sp³-hybridized carbons (Fsp3) is 0.974. The molecule has 0 saturated carbocycles. The second kappa shape index (κ2) is 30.5. The summed E-state index contributed by atoms with van der Waals surface area (Å²) in [6.07, 6.45) is 37.9. The first-order valence-electron chi connectivity index (χ1n) is 19.1. The molecule has 252 valence electrons. The van der Waals surface area contributed by atoms with Gasteiger partial charge < -0.3 is 9.84 Å². The average molecular weight is 595 g/mol. The topological polar surface area (TPSA) is 46.5 Å². The number of carboxylic acid groups (broad SMARTS) is 1. The minimum Gasteiger partial charge on any atom is -0.479 e. The van der Waals surface area contributed by atoms with Crippen molar-refractivity contribution >= 4 is 5.97 Å². The zero-order chi connectivity index (χ0) is 31.2. The van der Waals surface area contributed by atoms with Crippen molar-refractivity contribution in [3.63, 3.8) is 0 Å². The molecule has 1 unspecified atom stereocenters. The fourth-order valence-electron chi connectivity index (χ4n) is 6.10. The molecule has 0 aliphatic heterocycles. The first-order valence-corrected chi connectivity index (χ1v) is 19.1. The van der Waals surface area contributed by atoms with Crippen molar-refractivity contribution < 1.29 is 14.6 Å². The van der Waals surface area contributed by atoms with E-state index in [-0.39, 0.29) is 0 Å². The monoisotopic (exact) mass is 595 g/mol. The molecule has 3 nitrogen and oxygen atoms in total. The first kappa shape index (κ1) is 41.4. The Morgan fingerprint density at radius 3 is 1.02 bits per heavy atom. The van der Waals surface area contributed by atoms with E-state index in [0.717, 1.165) is 37.5 Å². The molecule has 0 radical (unpaired) electrons. The third-order valence-corrected chi connectivity index (χ3v) is 9.23. The van der Waals surface area contributed by atoms with Crippen LogP contribution in [0.1, 0.15) is 221 Å². The molecule has 1 N–H and O–H groups in total. The quantitative estimate of drug-likeness (QED) is 0.0754. The molecule has 0 aromatic carbocycles. The standard InChI is InChI=1S/C39H78O3/c1-36(2)32-28-24-20-16-12-8-6-10-14-18-22-26-30-34-39(5,38(40)41)42-35-31-27-23-19-15-11-7-9-13-17-21-25-29-33-37(3)4/h36-37H,6-35H2,1-5H3,(H,40,41). The predicted molar refractivity (Wildman–Crippen MR) is 186 cm³/mol. The van der Waals surface area contributed by atoms with Gasteiger partial charge in [-0.2, -0.15) is 0 Å². The number of carbonyl (C=O) groups is 1. The Morgan fingerprint density at radius 2 is 0.738 bits per heavy atom. The Kier molecular flexibility index (Phi) is 30.0. The Morgan fingerprint density at radius 1 is 0.476 bits per heavy atom. The van der Waals surface area contributed by atoms with E-state index in [9.17, 15) is 9.90 Å². The molecule has 0 aromatic rings. The molecule has 3 heteroatoms. The van der Waals surface area contributed by atoms with Crippen molar-refractivity contribution in [1.82, 2.24) is 0 Å². The summed E-state index contributed by atoms with van der Waals surface area (Å²) < 4.78 is 5.93. The highest BCUT2D eigenvalue weighted by Crippen LogP contribution is 2.22. The van der Waals surface area contributed by atoms with E-state index >= 15 is 0 Å². The number of unbranched alkanes of at least 4 members (excludes halogenated alkanes) is 24. The maximum atomic E-state index is 11.9. The van der Waals surface area contributed by atoms with Gasteiger partial charge in [0.1, 0.15) is 0 Å². The number of carboxylic acids is 1. The van der Waals surface area contributed by atoms with Gasteiger partial charge >= 0.3 is 5.97 Å². The number of hydrogen-bond donors (Lipinski definition) is 1. The molecule has 0 aliphatic carbocycles. The van der Waals surface area contributed by atoms with Crippen LogP contribution in [0.4, 0.5) is 0 Å². The molecule has 0 spiro atoms. The molecular weight excluding hydrogens is 516 g/mol. The van der Waals surface area contributed by atoms with Crippen molar-refractivity contribution in [2.75, 3.05) is 6.61 Å². The van der Waals surface area contributed by atoms with Crippen LogP contribution in [-0.2, 0) is 9.53 Å². The van der Waals surface area contributed by atoms with E-state index in [1.54, 1.807) is 6.92 Å². The molecule has 0 amide bonds. The summed E-state index contributed by atoms with van der Waals surface area (Å²) >= 11 is 0. The molecule has 0 heterocycles. The second-order valence-electron chi connectivity index (χ2n) is 14.7. The lowest BCUT2D eigenvalue weighted by Gasteiger charge is -2.25. The van der Waals surface area contributed by atoms with Crippen LogP contribution in [0.25, 0.3) is 0 Å². The minimum absolute atomic E-state index is 0.581. The third-order valence-electron chi connectivity index (χ3n) is 9.23. The van der Waals surface area contributed by atoms with Gasteiger partial charge in [0.2, 0.25) is 0 Å². The average Bonchev–Trinajstić information content (AvgIpc) is 2.94. The largest absolute Gasteiger partial charge is 0.479 e. The van der Waals surface area contributed by atoms with Crippen LogP contribution in [0, 0.1) is 11.8 Å². The van der Waals surface area contributed by atoms with E-state index in [1.165, 1.54) is 154 Å². The highest BCUT2D eigenvalue weighted by molar-refractivity contribution is 5.76. The van der Waals surface area contributed by atoms with Crippen molar-refractivity contribution in [2.24, 2.45) is 11.8 Å². The zero-order valence-electron chi connectivity index (χ0n) is 29.6. The zero-order valence-corrected chi connectivity index (χ0v) is 29.6. The van der Waals surface area contributed by atoms with Gasteiger partial charge in [-0.1, -0.05) is 195 Å². The molecule has 0 rings (SSSR count). The summed E-state index contributed by atoms with van der Waals surface area (Å²) in [5.74, 6) is 0.927. The molecular formula is C39H78O3. The highest BCUT2D eigenvalue weighted by Gasteiger charge is 2.33. The van der Waals surface area contributed by atoms with Gasteiger partial charge in [-0.3, -0.25) is 0 Å². The van der Waals surface area contributed by atoms with E-state index in [2.05, 4.69) is 27.7 Å². The Labute approximate surface area is 265 Å². The van der Waals surface area contributed by atoms with E-state index in [0.29, 0.717) is 13.0 Å². The van der Waals surface area contributed by atoms with Gasteiger partial charge in [0.25, 0.3) is 0 Å². The normalized spacial score (nSPS) is 13.3. The lowest BCUT2D eigenvalue weighted by atomic mass is 9.97. The summed E-state index contributed by atoms with van der Waals surface area (Å²) in [7, 11) is 0. The first-order chi connectivity index (χ1) is 20.3. The number of rotatable bonds is 34. The number of ether oxygens (including phenoxy) is 1. The van der Waals surface area contributed by atoms with Crippen molar-refractivity contribution in [3.8, 4) is 0 Å². The molecule has 0 aromatic heterocycles. The minimum atomic E-state index is -1.01. The number of aliphatic carboxylic acids is 1. The maximum Gasteiger partial charge on any atom is 0.335 e. The maximum absolute atomic E-state index is 11.9.